The smallest absolute Gasteiger partial charge is 0.193 e. The zero-order chi connectivity index (χ0) is 16.9. The predicted molar refractivity (Wildman–Crippen MR) is 104 cm³/mol. The molecule has 3 rings (SSSR count). The van der Waals surface area contributed by atoms with Crippen LogP contribution in [-0.4, -0.2) is 31.5 Å². The zero-order valence-electron chi connectivity index (χ0n) is 14.5. The lowest BCUT2D eigenvalue weighted by molar-refractivity contribution is 0.307. The van der Waals surface area contributed by atoms with E-state index in [4.69, 9.17) is 5.73 Å². The number of likely N-dealkylation sites (N-methyl/N-ethyl adjacent to an activating group) is 1. The summed E-state index contributed by atoms with van der Waals surface area (Å²) < 4.78 is 0. The summed E-state index contributed by atoms with van der Waals surface area (Å²) in [6, 6.07) is 8.84. The topological polar surface area (TPSA) is 53.6 Å². The maximum atomic E-state index is 6.16. The summed E-state index contributed by atoms with van der Waals surface area (Å²) in [5, 5.41) is 7.60. The van der Waals surface area contributed by atoms with E-state index in [1.165, 1.54) is 36.0 Å². The standard InChI is InChI=1S/C19H26N4S/c1-23(2)18(15-10-11-24-13-15)12-21-19(20)22-17-9-5-7-14-6-3-4-8-16(14)17/h5,7,9-11,13,18H,3-4,6,8,12H2,1-2H3,(H3,20,21,22). The molecule has 1 aromatic carbocycles. The largest absolute Gasteiger partial charge is 0.370 e. The highest BCUT2D eigenvalue weighted by atomic mass is 32.1. The molecule has 1 aromatic heterocycles. The summed E-state index contributed by atoms with van der Waals surface area (Å²) in [6.07, 6.45) is 4.83. The van der Waals surface area contributed by atoms with Crippen LogP contribution < -0.4 is 11.1 Å². The number of nitrogens with two attached hydrogens (primary N) is 1. The molecule has 3 N–H and O–H groups in total. The zero-order valence-corrected chi connectivity index (χ0v) is 15.3. The van der Waals surface area contributed by atoms with Crippen molar-refractivity contribution in [1.29, 1.82) is 0 Å². The first-order valence-corrected chi connectivity index (χ1v) is 9.45. The Balaban J connectivity index is 1.70. The molecule has 5 heteroatoms. The van der Waals surface area contributed by atoms with Gasteiger partial charge >= 0.3 is 0 Å². The molecule has 1 aliphatic carbocycles. The van der Waals surface area contributed by atoms with Gasteiger partial charge in [0.25, 0.3) is 0 Å². The Labute approximate surface area is 148 Å². The number of anilines is 1. The number of nitrogens with one attached hydrogen (secondary N) is 1. The van der Waals surface area contributed by atoms with E-state index in [9.17, 15) is 0 Å². The molecule has 128 valence electrons. The van der Waals surface area contributed by atoms with Gasteiger partial charge < -0.3 is 16.0 Å². The summed E-state index contributed by atoms with van der Waals surface area (Å²) in [5.74, 6) is 0.496. The molecule has 1 atom stereocenters. The second-order valence-corrected chi connectivity index (χ2v) is 7.32. The van der Waals surface area contributed by atoms with Gasteiger partial charge in [-0.2, -0.15) is 11.3 Å². The van der Waals surface area contributed by atoms with Gasteiger partial charge in [0.2, 0.25) is 0 Å². The molecule has 24 heavy (non-hydrogen) atoms. The summed E-state index contributed by atoms with van der Waals surface area (Å²) in [7, 11) is 4.16. The maximum Gasteiger partial charge on any atom is 0.193 e. The van der Waals surface area contributed by atoms with Gasteiger partial charge in [-0.25, -0.2) is 0 Å². The van der Waals surface area contributed by atoms with Crippen molar-refractivity contribution in [2.75, 3.05) is 26.0 Å². The highest BCUT2D eigenvalue weighted by Gasteiger charge is 2.15. The molecular weight excluding hydrogens is 316 g/mol. The Bertz CT molecular complexity index is 691. The molecule has 4 nitrogen and oxygen atoms in total. The van der Waals surface area contributed by atoms with Gasteiger partial charge in [0, 0.05) is 5.69 Å². The van der Waals surface area contributed by atoms with E-state index >= 15 is 0 Å². The van der Waals surface area contributed by atoms with Crippen LogP contribution >= 0.6 is 11.3 Å². The van der Waals surface area contributed by atoms with Crippen LogP contribution in [0.1, 0.15) is 35.6 Å². The fourth-order valence-electron chi connectivity index (χ4n) is 3.29. The van der Waals surface area contributed by atoms with Crippen molar-refractivity contribution in [1.82, 2.24) is 4.90 Å². The van der Waals surface area contributed by atoms with Crippen LogP contribution in [0.4, 0.5) is 5.69 Å². The Morgan fingerprint density at radius 3 is 2.88 bits per heavy atom. The van der Waals surface area contributed by atoms with E-state index in [-0.39, 0.29) is 6.04 Å². The van der Waals surface area contributed by atoms with Crippen LogP contribution in [0.25, 0.3) is 0 Å². The number of hydrogen-bond donors (Lipinski definition) is 2. The van der Waals surface area contributed by atoms with Crippen molar-refractivity contribution in [3.63, 3.8) is 0 Å². The number of aryl methyl sites for hydroxylation is 1. The van der Waals surface area contributed by atoms with Crippen LogP contribution in [0, 0.1) is 0 Å². The highest BCUT2D eigenvalue weighted by Crippen LogP contribution is 2.27. The highest BCUT2D eigenvalue weighted by molar-refractivity contribution is 7.07. The first-order chi connectivity index (χ1) is 11.6. The van der Waals surface area contributed by atoms with Crippen molar-refractivity contribution in [2.24, 2.45) is 10.7 Å². The van der Waals surface area contributed by atoms with Gasteiger partial charge in [-0.3, -0.25) is 4.99 Å². The first kappa shape index (κ1) is 17.0. The van der Waals surface area contributed by atoms with Crippen LogP contribution in [0.2, 0.25) is 0 Å². The average molecular weight is 343 g/mol. The monoisotopic (exact) mass is 342 g/mol. The minimum atomic E-state index is 0.251. The van der Waals surface area contributed by atoms with Gasteiger partial charge in [0.05, 0.1) is 12.6 Å². The summed E-state index contributed by atoms with van der Waals surface area (Å²) >= 11 is 1.72. The number of aliphatic imine (C=N–C) groups is 1. The molecule has 1 heterocycles. The average Bonchev–Trinajstić information content (AvgIpc) is 3.09. The third-order valence-corrected chi connectivity index (χ3v) is 5.35. The Kier molecular flexibility index (Phi) is 5.53. The third kappa shape index (κ3) is 3.97. The van der Waals surface area contributed by atoms with Gasteiger partial charge in [-0.1, -0.05) is 12.1 Å². The number of benzene rings is 1. The molecule has 0 saturated heterocycles. The van der Waals surface area contributed by atoms with Crippen LogP contribution in [0.5, 0.6) is 0 Å². The fraction of sp³-hybridized carbons (Fsp3) is 0.421. The van der Waals surface area contributed by atoms with Gasteiger partial charge in [-0.05, 0) is 79.4 Å². The second kappa shape index (κ2) is 7.81. The number of nitrogens with zero attached hydrogens (tertiary/aromatic N) is 2. The molecule has 0 radical (unpaired) electrons. The van der Waals surface area contributed by atoms with E-state index in [0.29, 0.717) is 12.5 Å². The van der Waals surface area contributed by atoms with E-state index in [1.807, 2.05) is 0 Å². The molecular formula is C19H26N4S. The van der Waals surface area contributed by atoms with Crippen LogP contribution in [-0.2, 0) is 12.8 Å². The lowest BCUT2D eigenvalue weighted by atomic mass is 9.90. The lowest BCUT2D eigenvalue weighted by Gasteiger charge is -2.22. The van der Waals surface area contributed by atoms with Crippen molar-refractivity contribution < 1.29 is 0 Å². The van der Waals surface area contributed by atoms with E-state index in [0.717, 1.165) is 12.1 Å². The minimum absolute atomic E-state index is 0.251. The summed E-state index contributed by atoms with van der Waals surface area (Å²) in [4.78, 5) is 6.78. The van der Waals surface area contributed by atoms with Gasteiger partial charge in [0.15, 0.2) is 5.96 Å². The molecule has 1 aliphatic rings. The molecule has 0 aliphatic heterocycles. The van der Waals surface area contributed by atoms with Gasteiger partial charge in [-0.15, -0.1) is 0 Å². The molecule has 2 aromatic rings. The lowest BCUT2D eigenvalue weighted by Crippen LogP contribution is -2.27. The third-order valence-electron chi connectivity index (χ3n) is 4.64. The van der Waals surface area contributed by atoms with Crippen LogP contribution in [0.3, 0.4) is 0 Å². The maximum absolute atomic E-state index is 6.16. The Morgan fingerprint density at radius 2 is 2.12 bits per heavy atom. The number of guanidine groups is 1. The Hall–Kier alpha value is -1.85. The molecule has 0 fully saturated rings. The van der Waals surface area contributed by atoms with Crippen molar-refractivity contribution in [2.45, 2.75) is 31.7 Å². The molecule has 0 saturated carbocycles. The first-order valence-electron chi connectivity index (χ1n) is 8.51. The van der Waals surface area contributed by atoms with E-state index < -0.39 is 0 Å². The van der Waals surface area contributed by atoms with E-state index in [1.54, 1.807) is 11.3 Å². The molecule has 0 amide bonds. The minimum Gasteiger partial charge on any atom is -0.370 e. The molecule has 0 spiro atoms. The molecule has 1 unspecified atom stereocenters. The normalized spacial score (nSPS) is 16.0. The SMILES string of the molecule is CN(C)C(CN=C(N)Nc1cccc2c1CCCC2)c1ccsc1. The van der Waals surface area contributed by atoms with E-state index in [2.05, 4.69) is 64.3 Å². The fourth-order valence-corrected chi connectivity index (χ4v) is 4.00. The summed E-state index contributed by atoms with van der Waals surface area (Å²) in [6.45, 7) is 0.650. The number of thiophene rings is 1. The number of hydrogen-bond acceptors (Lipinski definition) is 3. The van der Waals surface area contributed by atoms with Gasteiger partial charge in [0.1, 0.15) is 0 Å². The van der Waals surface area contributed by atoms with Crippen LogP contribution in [0.15, 0.2) is 40.0 Å². The predicted octanol–water partition coefficient (Wildman–Crippen LogP) is 3.66. The quantitative estimate of drug-likeness (QED) is 0.644. The Morgan fingerprint density at radius 1 is 1.29 bits per heavy atom. The second-order valence-electron chi connectivity index (χ2n) is 6.54. The summed E-state index contributed by atoms with van der Waals surface area (Å²) in [5.41, 5.74) is 11.4. The van der Waals surface area contributed by atoms with Crippen molar-refractivity contribution in [3.8, 4) is 0 Å². The molecule has 0 bridgehead atoms. The van der Waals surface area contributed by atoms with Crippen molar-refractivity contribution in [3.05, 3.63) is 51.7 Å². The number of fused-ring (bicyclic) bond motifs is 1. The van der Waals surface area contributed by atoms with Crippen molar-refractivity contribution >= 4 is 23.0 Å². The number of rotatable bonds is 5.